The van der Waals surface area contributed by atoms with Gasteiger partial charge in [0.05, 0.1) is 5.92 Å². The Bertz CT molecular complexity index is 1200. The fourth-order valence-electron chi connectivity index (χ4n) is 3.75. The minimum Gasteiger partial charge on any atom is -0.457 e. The lowest BCUT2D eigenvalue weighted by Gasteiger charge is -2.30. The molecule has 0 aliphatic carbocycles. The number of ether oxygens (including phenoxy) is 3. The molecule has 39 heavy (non-hydrogen) atoms. The van der Waals surface area contributed by atoms with Crippen LogP contribution in [0, 0.1) is 5.92 Å². The Morgan fingerprint density at radius 3 is 2.15 bits per heavy atom. The minimum absolute atomic E-state index is 0.0799. The highest BCUT2D eigenvalue weighted by Gasteiger charge is 2.41. The second-order valence-electron chi connectivity index (χ2n) is 10.7. The van der Waals surface area contributed by atoms with Crippen LogP contribution in [-0.4, -0.2) is 59.7 Å². The first-order valence-corrected chi connectivity index (χ1v) is 14.7. The van der Waals surface area contributed by atoms with Gasteiger partial charge in [0.25, 0.3) is 0 Å². The van der Waals surface area contributed by atoms with Crippen molar-refractivity contribution in [3.05, 3.63) is 32.2 Å². The molecule has 0 saturated carbocycles. The van der Waals surface area contributed by atoms with Crippen LogP contribution in [0.15, 0.2) is 10.8 Å². The number of aromatic nitrogens is 2. The largest absolute Gasteiger partial charge is 0.457 e. The normalized spacial score (nSPS) is 24.9. The number of cyclic esters (lactones) is 3. The fraction of sp³-hybridized carbons (Fsp3) is 0.640. The van der Waals surface area contributed by atoms with Crippen LogP contribution in [0.1, 0.15) is 104 Å². The first-order chi connectivity index (χ1) is 17.9. The zero-order valence-electron chi connectivity index (χ0n) is 22.4. The van der Waals surface area contributed by atoms with E-state index >= 15 is 0 Å². The number of thiazole rings is 2. The van der Waals surface area contributed by atoms with Gasteiger partial charge in [-0.3, -0.25) is 4.79 Å². The van der Waals surface area contributed by atoms with Crippen molar-refractivity contribution in [2.24, 2.45) is 5.92 Å². The zero-order valence-corrected chi connectivity index (χ0v) is 25.5. The maximum absolute atomic E-state index is 13.3. The van der Waals surface area contributed by atoms with Crippen molar-refractivity contribution in [1.29, 1.82) is 0 Å². The highest BCUT2D eigenvalue weighted by Crippen LogP contribution is 2.36. The quantitative estimate of drug-likeness (QED) is 0.260. The van der Waals surface area contributed by atoms with Gasteiger partial charge in [-0.1, -0.05) is 0 Å². The number of hydrogen-bond donors (Lipinski definition) is 2. The van der Waals surface area contributed by atoms with Crippen molar-refractivity contribution in [2.45, 2.75) is 94.7 Å². The van der Waals surface area contributed by atoms with Gasteiger partial charge in [-0.2, -0.15) is 0 Å². The number of hydrogen-bond acceptors (Lipinski definition) is 12. The number of alkyl halides is 2. The van der Waals surface area contributed by atoms with Crippen molar-refractivity contribution < 1.29 is 38.8 Å². The molecule has 3 heterocycles. The average Bonchev–Trinajstić information content (AvgIpc) is 3.48. The number of esters is 3. The number of aliphatic hydroxyl groups is 2. The van der Waals surface area contributed by atoms with Crippen LogP contribution >= 0.6 is 45.9 Å². The van der Waals surface area contributed by atoms with Gasteiger partial charge in [0, 0.05) is 10.8 Å². The van der Waals surface area contributed by atoms with Crippen LogP contribution < -0.4 is 0 Å². The smallest absolute Gasteiger partial charge is 0.358 e. The van der Waals surface area contributed by atoms with Crippen molar-refractivity contribution >= 4 is 63.8 Å². The van der Waals surface area contributed by atoms with Gasteiger partial charge in [0.1, 0.15) is 37.8 Å². The number of nitrogens with zero attached hydrogens (tertiary/aromatic N) is 2. The SMILES string of the molecule is C[C@H]1C(=O)O[C@@H](C(C)(C)O)c2nc(cs2)C(=O)OC(C)(C)[C@@H](O)c2nc(cs2)C(=O)O[C@H]1CCCC(C)(Cl)Cl. The molecule has 2 N–H and O–H groups in total. The number of carbonyl (C=O) groups excluding carboxylic acids is 3. The molecule has 2 aromatic rings. The minimum atomic E-state index is -1.57. The number of aliphatic hydroxyl groups excluding tert-OH is 1. The van der Waals surface area contributed by atoms with E-state index in [1.807, 2.05) is 0 Å². The highest BCUT2D eigenvalue weighted by molar-refractivity contribution is 7.10. The first-order valence-electron chi connectivity index (χ1n) is 12.2. The molecule has 0 spiro atoms. The number of halogens is 2. The van der Waals surface area contributed by atoms with Crippen LogP contribution in [0.5, 0.6) is 0 Å². The van der Waals surface area contributed by atoms with Crippen LogP contribution in [0.2, 0.25) is 0 Å². The molecule has 0 saturated heterocycles. The van der Waals surface area contributed by atoms with Gasteiger partial charge in [-0.25, -0.2) is 19.6 Å². The van der Waals surface area contributed by atoms with Crippen LogP contribution in [0.4, 0.5) is 0 Å². The van der Waals surface area contributed by atoms with Gasteiger partial charge in [0.15, 0.2) is 17.5 Å². The Morgan fingerprint density at radius 2 is 1.56 bits per heavy atom. The summed E-state index contributed by atoms with van der Waals surface area (Å²) in [5.74, 6) is -3.35. The van der Waals surface area contributed by atoms with Gasteiger partial charge in [0.2, 0.25) is 0 Å². The molecular weight excluding hydrogens is 591 g/mol. The predicted molar refractivity (Wildman–Crippen MR) is 146 cm³/mol. The summed E-state index contributed by atoms with van der Waals surface area (Å²) >= 11 is 14.2. The average molecular weight is 624 g/mol. The third-order valence-corrected chi connectivity index (χ3v) is 8.27. The second-order valence-corrected chi connectivity index (χ2v) is 14.3. The summed E-state index contributed by atoms with van der Waals surface area (Å²) in [6.45, 7) is 9.05. The Labute approximate surface area is 244 Å². The van der Waals surface area contributed by atoms with Crippen LogP contribution in [0.3, 0.4) is 0 Å². The predicted octanol–water partition coefficient (Wildman–Crippen LogP) is 5.16. The number of carbonyl (C=O) groups is 3. The lowest BCUT2D eigenvalue weighted by atomic mass is 9.97. The molecule has 2 aromatic heterocycles. The molecule has 10 nitrogen and oxygen atoms in total. The summed E-state index contributed by atoms with van der Waals surface area (Å²) in [4.78, 5) is 47.7. The van der Waals surface area contributed by atoms with E-state index in [2.05, 4.69) is 9.97 Å². The van der Waals surface area contributed by atoms with Gasteiger partial charge in [-0.15, -0.1) is 45.9 Å². The standard InChI is InChI=1S/C25H32Cl2N2O8S2/c1-12-15(8-7-9-25(6,26)27)35-21(32)13-10-38-18(28-13)16(30)24(4,5)37-22(33)14-11-39-19(29-14)17(23(2,3)34)36-20(12)31/h10-12,15-17,30,34H,7-9H2,1-6H3/t12-,15+,16+,17-/m1/s1. The van der Waals surface area contributed by atoms with E-state index in [1.165, 1.54) is 38.5 Å². The third kappa shape index (κ3) is 8.11. The van der Waals surface area contributed by atoms with E-state index in [0.717, 1.165) is 22.7 Å². The monoisotopic (exact) mass is 622 g/mol. The molecule has 14 heteroatoms. The molecule has 0 unspecified atom stereocenters. The van der Waals surface area contributed by atoms with E-state index in [0.29, 0.717) is 12.8 Å². The lowest BCUT2D eigenvalue weighted by Crippen LogP contribution is -2.37. The molecule has 1 aliphatic rings. The van der Waals surface area contributed by atoms with E-state index in [-0.39, 0.29) is 27.8 Å². The lowest BCUT2D eigenvalue weighted by molar-refractivity contribution is -0.171. The van der Waals surface area contributed by atoms with Crippen molar-refractivity contribution in [2.75, 3.05) is 0 Å². The molecule has 0 fully saturated rings. The van der Waals surface area contributed by atoms with Crippen LogP contribution in [0.25, 0.3) is 0 Å². The highest BCUT2D eigenvalue weighted by atomic mass is 35.5. The van der Waals surface area contributed by atoms with Crippen molar-refractivity contribution in [1.82, 2.24) is 9.97 Å². The van der Waals surface area contributed by atoms with E-state index < -0.39 is 57.7 Å². The number of rotatable bonds is 5. The summed E-state index contributed by atoms with van der Waals surface area (Å²) in [6.07, 6.45) is -2.51. The maximum Gasteiger partial charge on any atom is 0.358 e. The molecule has 4 atom stereocenters. The molecule has 4 bridgehead atoms. The molecule has 0 radical (unpaired) electrons. The summed E-state index contributed by atoms with van der Waals surface area (Å²) in [5.41, 5.74) is -3.18. The molecule has 0 amide bonds. The van der Waals surface area contributed by atoms with E-state index in [4.69, 9.17) is 37.4 Å². The second kappa shape index (κ2) is 12.0. The van der Waals surface area contributed by atoms with E-state index in [9.17, 15) is 24.6 Å². The van der Waals surface area contributed by atoms with Gasteiger partial charge >= 0.3 is 17.9 Å². The zero-order chi connectivity index (χ0) is 29.3. The Hall–Kier alpha value is -1.83. The number of fused-ring (bicyclic) bond motifs is 4. The van der Waals surface area contributed by atoms with Gasteiger partial charge in [-0.05, 0) is 60.8 Å². The summed E-state index contributed by atoms with van der Waals surface area (Å²) in [7, 11) is 0. The Morgan fingerprint density at radius 1 is 1.00 bits per heavy atom. The molecule has 216 valence electrons. The van der Waals surface area contributed by atoms with Crippen molar-refractivity contribution in [3.8, 4) is 0 Å². The fourth-order valence-corrected chi connectivity index (χ4v) is 5.95. The van der Waals surface area contributed by atoms with Gasteiger partial charge < -0.3 is 24.4 Å². The topological polar surface area (TPSA) is 145 Å². The summed E-state index contributed by atoms with van der Waals surface area (Å²) in [5, 5.41) is 24.9. The van der Waals surface area contributed by atoms with Crippen LogP contribution in [-0.2, 0) is 19.0 Å². The summed E-state index contributed by atoms with van der Waals surface area (Å²) < 4.78 is 15.9. The molecule has 1 aliphatic heterocycles. The maximum atomic E-state index is 13.3. The Kier molecular flexibility index (Phi) is 9.72. The van der Waals surface area contributed by atoms with E-state index in [1.54, 1.807) is 13.8 Å². The molecular formula is C25H32Cl2N2O8S2. The van der Waals surface area contributed by atoms with Crippen molar-refractivity contribution in [3.63, 3.8) is 0 Å². The summed E-state index contributed by atoms with van der Waals surface area (Å²) in [6, 6.07) is 0. The Balaban J connectivity index is 2.03. The molecule has 3 rings (SSSR count). The third-order valence-electron chi connectivity index (χ3n) is 6.10. The first kappa shape index (κ1) is 31.7. The molecule has 0 aromatic carbocycles.